The maximum Gasteiger partial charge on any atom is 0.573 e. The monoisotopic (exact) mass is 355 g/mol. The van der Waals surface area contributed by atoms with Gasteiger partial charge < -0.3 is 15.2 Å². The Labute approximate surface area is 124 Å². The van der Waals surface area contributed by atoms with Gasteiger partial charge in [-0.1, -0.05) is 13.0 Å². The predicted molar refractivity (Wildman–Crippen MR) is 73.4 cm³/mol. The van der Waals surface area contributed by atoms with Crippen LogP contribution in [0.4, 0.5) is 13.2 Å². The molecular weight excluding hydrogens is 339 g/mol. The van der Waals surface area contributed by atoms with Crippen LogP contribution in [-0.4, -0.2) is 24.1 Å². The summed E-state index contributed by atoms with van der Waals surface area (Å²) in [4.78, 5) is 0. The minimum absolute atomic E-state index is 0.253. The number of benzene rings is 1. The quantitative estimate of drug-likeness (QED) is 0.734. The van der Waals surface area contributed by atoms with Crippen LogP contribution in [0.5, 0.6) is 5.75 Å². The standard InChI is InChI=1S/C13H17BrF3NO2/c1-2-10(19)5-6-18-8-9-3-4-12(11(14)7-9)20-13(15,16)17/h3-4,7,10,18-19H,2,5-6,8H2,1H3. The van der Waals surface area contributed by atoms with Crippen molar-refractivity contribution in [1.29, 1.82) is 0 Å². The second-order valence-electron chi connectivity index (χ2n) is 4.34. The van der Waals surface area contributed by atoms with Gasteiger partial charge in [0.15, 0.2) is 0 Å². The highest BCUT2D eigenvalue weighted by Gasteiger charge is 2.31. The lowest BCUT2D eigenvalue weighted by atomic mass is 10.2. The largest absolute Gasteiger partial charge is 0.573 e. The number of aliphatic hydroxyl groups is 1. The van der Waals surface area contributed by atoms with Gasteiger partial charge in [0, 0.05) is 6.54 Å². The van der Waals surface area contributed by atoms with Crippen LogP contribution in [-0.2, 0) is 6.54 Å². The van der Waals surface area contributed by atoms with Gasteiger partial charge in [0.05, 0.1) is 10.6 Å². The Morgan fingerprint density at radius 2 is 2.10 bits per heavy atom. The lowest BCUT2D eigenvalue weighted by Gasteiger charge is -2.12. The average molecular weight is 356 g/mol. The number of halogens is 4. The first-order valence-corrected chi connectivity index (χ1v) is 7.04. The Morgan fingerprint density at radius 3 is 2.65 bits per heavy atom. The van der Waals surface area contributed by atoms with E-state index in [4.69, 9.17) is 0 Å². The highest BCUT2D eigenvalue weighted by molar-refractivity contribution is 9.10. The second kappa shape index (κ2) is 7.85. The lowest BCUT2D eigenvalue weighted by Crippen LogP contribution is -2.20. The van der Waals surface area contributed by atoms with Crippen molar-refractivity contribution in [3.05, 3.63) is 28.2 Å². The minimum atomic E-state index is -4.70. The third-order valence-electron chi connectivity index (χ3n) is 2.68. The molecule has 1 aromatic rings. The molecule has 0 aliphatic carbocycles. The molecule has 1 unspecified atom stereocenters. The SMILES string of the molecule is CCC(O)CCNCc1ccc(OC(F)(F)F)c(Br)c1. The smallest absolute Gasteiger partial charge is 0.405 e. The van der Waals surface area contributed by atoms with E-state index in [2.05, 4.69) is 26.0 Å². The molecular formula is C13H17BrF3NO2. The molecule has 0 radical (unpaired) electrons. The van der Waals surface area contributed by atoms with Crippen LogP contribution in [0.15, 0.2) is 22.7 Å². The molecule has 114 valence electrons. The molecule has 1 atom stereocenters. The molecule has 1 rings (SSSR count). The van der Waals surface area contributed by atoms with Crippen molar-refractivity contribution in [2.45, 2.75) is 38.8 Å². The molecule has 20 heavy (non-hydrogen) atoms. The zero-order valence-electron chi connectivity index (χ0n) is 11.0. The molecule has 0 heterocycles. The Morgan fingerprint density at radius 1 is 1.40 bits per heavy atom. The maximum absolute atomic E-state index is 12.1. The summed E-state index contributed by atoms with van der Waals surface area (Å²) in [6.45, 7) is 3.07. The molecule has 0 aliphatic heterocycles. The molecule has 2 N–H and O–H groups in total. The maximum atomic E-state index is 12.1. The van der Waals surface area contributed by atoms with E-state index in [0.29, 0.717) is 25.9 Å². The van der Waals surface area contributed by atoms with Crippen LogP contribution in [0.3, 0.4) is 0 Å². The Hall–Kier alpha value is -0.790. The van der Waals surface area contributed by atoms with E-state index < -0.39 is 6.36 Å². The zero-order valence-corrected chi connectivity index (χ0v) is 12.6. The van der Waals surface area contributed by atoms with E-state index in [9.17, 15) is 18.3 Å². The van der Waals surface area contributed by atoms with Crippen molar-refractivity contribution in [3.8, 4) is 5.75 Å². The second-order valence-corrected chi connectivity index (χ2v) is 5.19. The van der Waals surface area contributed by atoms with Gasteiger partial charge in [-0.15, -0.1) is 13.2 Å². The molecule has 7 heteroatoms. The first kappa shape index (κ1) is 17.3. The van der Waals surface area contributed by atoms with Gasteiger partial charge in [-0.25, -0.2) is 0 Å². The molecule has 0 amide bonds. The molecule has 1 aromatic carbocycles. The van der Waals surface area contributed by atoms with Gasteiger partial charge in [-0.3, -0.25) is 0 Å². The fraction of sp³-hybridized carbons (Fsp3) is 0.538. The summed E-state index contributed by atoms with van der Waals surface area (Å²) < 4.78 is 40.4. The van der Waals surface area contributed by atoms with Crippen molar-refractivity contribution in [2.24, 2.45) is 0 Å². The van der Waals surface area contributed by atoms with Crippen LogP contribution in [0.25, 0.3) is 0 Å². The average Bonchev–Trinajstić information content (AvgIpc) is 2.36. The van der Waals surface area contributed by atoms with Gasteiger partial charge in [0.2, 0.25) is 0 Å². The van der Waals surface area contributed by atoms with E-state index in [1.54, 1.807) is 12.1 Å². The number of hydrogen-bond acceptors (Lipinski definition) is 3. The number of aliphatic hydroxyl groups excluding tert-OH is 1. The zero-order chi connectivity index (χ0) is 15.2. The van der Waals surface area contributed by atoms with Gasteiger partial charge in [0.25, 0.3) is 0 Å². The van der Waals surface area contributed by atoms with Crippen LogP contribution in [0.1, 0.15) is 25.3 Å². The molecule has 0 saturated heterocycles. The fourth-order valence-electron chi connectivity index (χ4n) is 1.57. The van der Waals surface area contributed by atoms with E-state index in [0.717, 1.165) is 5.56 Å². The topological polar surface area (TPSA) is 41.5 Å². The lowest BCUT2D eigenvalue weighted by molar-refractivity contribution is -0.274. The summed E-state index contributed by atoms with van der Waals surface area (Å²) in [6.07, 6.45) is -3.67. The summed E-state index contributed by atoms with van der Waals surface area (Å²) in [5, 5.41) is 12.5. The van der Waals surface area contributed by atoms with Crippen LogP contribution < -0.4 is 10.1 Å². The summed E-state index contributed by atoms with van der Waals surface area (Å²) in [5.41, 5.74) is 0.831. The molecule has 0 saturated carbocycles. The van der Waals surface area contributed by atoms with Gasteiger partial charge in [-0.2, -0.15) is 0 Å². The normalized spacial score (nSPS) is 13.3. The fourth-order valence-corrected chi connectivity index (χ4v) is 2.07. The molecule has 0 bridgehead atoms. The van der Waals surface area contributed by atoms with E-state index in [1.807, 2.05) is 6.92 Å². The number of alkyl halides is 3. The minimum Gasteiger partial charge on any atom is -0.405 e. The van der Waals surface area contributed by atoms with Crippen molar-refractivity contribution in [1.82, 2.24) is 5.32 Å². The number of hydrogen-bond donors (Lipinski definition) is 2. The third kappa shape index (κ3) is 6.58. The van der Waals surface area contributed by atoms with Crippen molar-refractivity contribution in [3.63, 3.8) is 0 Å². The predicted octanol–water partition coefficient (Wildman–Crippen LogP) is 3.60. The molecule has 3 nitrogen and oxygen atoms in total. The van der Waals surface area contributed by atoms with Crippen LogP contribution in [0, 0.1) is 0 Å². The molecule has 0 spiro atoms. The summed E-state index contributed by atoms with van der Waals surface area (Å²) in [7, 11) is 0. The molecule has 0 aliphatic rings. The Balaban J connectivity index is 2.47. The number of ether oxygens (including phenoxy) is 1. The number of rotatable bonds is 7. The summed E-state index contributed by atoms with van der Waals surface area (Å²) >= 11 is 3.05. The van der Waals surface area contributed by atoms with Gasteiger partial charge >= 0.3 is 6.36 Å². The van der Waals surface area contributed by atoms with Crippen LogP contribution >= 0.6 is 15.9 Å². The first-order chi connectivity index (χ1) is 9.31. The Kier molecular flexibility index (Phi) is 6.78. The van der Waals surface area contributed by atoms with Gasteiger partial charge in [-0.05, 0) is 53.0 Å². The highest BCUT2D eigenvalue weighted by Crippen LogP contribution is 2.30. The van der Waals surface area contributed by atoms with Crippen molar-refractivity contribution in [2.75, 3.05) is 6.54 Å². The van der Waals surface area contributed by atoms with Crippen molar-refractivity contribution >= 4 is 15.9 Å². The molecule has 0 aromatic heterocycles. The number of nitrogens with one attached hydrogen (secondary N) is 1. The Bertz CT molecular complexity index is 427. The van der Waals surface area contributed by atoms with Gasteiger partial charge in [0.1, 0.15) is 5.75 Å². The van der Waals surface area contributed by atoms with E-state index >= 15 is 0 Å². The van der Waals surface area contributed by atoms with E-state index in [1.165, 1.54) is 6.07 Å². The van der Waals surface area contributed by atoms with Crippen molar-refractivity contribution < 1.29 is 23.0 Å². The third-order valence-corrected chi connectivity index (χ3v) is 3.30. The van der Waals surface area contributed by atoms with Crippen LogP contribution in [0.2, 0.25) is 0 Å². The summed E-state index contributed by atoms with van der Waals surface area (Å²) in [5.74, 6) is -0.261. The first-order valence-electron chi connectivity index (χ1n) is 6.24. The highest BCUT2D eigenvalue weighted by atomic mass is 79.9. The van der Waals surface area contributed by atoms with E-state index in [-0.39, 0.29) is 16.3 Å². The molecule has 0 fully saturated rings. The summed E-state index contributed by atoms with van der Waals surface area (Å²) in [6, 6.07) is 4.41.